The fourth-order valence-electron chi connectivity index (χ4n) is 4.09. The standard InChI is InChI=1S/C29H18BrF3N4O4/c30-22-14-20(26(25(15-22)37(39)40)41-17-18-7-2-1-3-8-18)16-34-36-27(19-9-6-10-21(13-19)29(31,32)33)35-24-12-5-4-11-23(24)28(36)38/h1-16H,17H2. The van der Waals surface area contributed by atoms with E-state index in [0.29, 0.717) is 4.47 Å². The number of aromatic nitrogens is 2. The van der Waals surface area contributed by atoms with Crippen molar-refractivity contribution < 1.29 is 22.8 Å². The Balaban J connectivity index is 1.67. The van der Waals surface area contributed by atoms with Gasteiger partial charge in [-0.05, 0) is 35.9 Å². The van der Waals surface area contributed by atoms with Gasteiger partial charge in [-0.2, -0.15) is 22.9 Å². The number of ether oxygens (including phenoxy) is 1. The van der Waals surface area contributed by atoms with Crippen molar-refractivity contribution in [1.29, 1.82) is 0 Å². The molecule has 0 saturated heterocycles. The molecule has 12 heteroatoms. The predicted molar refractivity (Wildman–Crippen MR) is 151 cm³/mol. The molecule has 1 heterocycles. The normalized spacial score (nSPS) is 11.7. The molecule has 0 atom stereocenters. The van der Waals surface area contributed by atoms with Crippen molar-refractivity contribution >= 4 is 38.7 Å². The zero-order valence-corrected chi connectivity index (χ0v) is 22.5. The van der Waals surface area contributed by atoms with Gasteiger partial charge in [-0.15, -0.1) is 0 Å². The molecule has 0 aliphatic rings. The fourth-order valence-corrected chi connectivity index (χ4v) is 4.55. The number of nitrogens with zero attached hydrogens (tertiary/aromatic N) is 4. The number of alkyl halides is 3. The Morgan fingerprint density at radius 1 is 1.00 bits per heavy atom. The highest BCUT2D eigenvalue weighted by Crippen LogP contribution is 2.35. The molecule has 0 saturated carbocycles. The first-order chi connectivity index (χ1) is 19.6. The van der Waals surface area contributed by atoms with Crippen molar-refractivity contribution in [2.24, 2.45) is 5.10 Å². The monoisotopic (exact) mass is 622 g/mol. The van der Waals surface area contributed by atoms with E-state index in [4.69, 9.17) is 4.74 Å². The van der Waals surface area contributed by atoms with Crippen LogP contribution in [-0.2, 0) is 12.8 Å². The van der Waals surface area contributed by atoms with E-state index in [1.807, 2.05) is 6.07 Å². The highest BCUT2D eigenvalue weighted by atomic mass is 79.9. The summed E-state index contributed by atoms with van der Waals surface area (Å²) in [5.74, 6) is -0.250. The van der Waals surface area contributed by atoms with Gasteiger partial charge in [0.2, 0.25) is 5.75 Å². The average molecular weight is 623 g/mol. The second-order valence-electron chi connectivity index (χ2n) is 8.77. The fraction of sp³-hybridized carbons (Fsp3) is 0.0690. The molecule has 0 N–H and O–H groups in total. The van der Waals surface area contributed by atoms with E-state index in [-0.39, 0.29) is 45.9 Å². The van der Waals surface area contributed by atoms with E-state index in [9.17, 15) is 28.1 Å². The largest absolute Gasteiger partial charge is 0.481 e. The first kappa shape index (κ1) is 27.7. The van der Waals surface area contributed by atoms with Gasteiger partial charge in [-0.1, -0.05) is 70.5 Å². The van der Waals surface area contributed by atoms with Crippen molar-refractivity contribution in [2.75, 3.05) is 0 Å². The summed E-state index contributed by atoms with van der Waals surface area (Å²) in [5, 5.41) is 16.3. The molecule has 0 bridgehead atoms. The van der Waals surface area contributed by atoms with E-state index >= 15 is 0 Å². The van der Waals surface area contributed by atoms with Crippen LogP contribution in [0.2, 0.25) is 0 Å². The van der Waals surface area contributed by atoms with E-state index in [0.717, 1.165) is 22.4 Å². The van der Waals surface area contributed by atoms with Crippen LogP contribution >= 0.6 is 15.9 Å². The Morgan fingerprint density at radius 3 is 2.46 bits per heavy atom. The number of nitro groups is 1. The summed E-state index contributed by atoms with van der Waals surface area (Å²) in [5.41, 5.74) is -0.741. The maximum atomic E-state index is 13.5. The minimum Gasteiger partial charge on any atom is -0.481 e. The van der Waals surface area contributed by atoms with Gasteiger partial charge in [-0.25, -0.2) is 4.98 Å². The highest BCUT2D eigenvalue weighted by molar-refractivity contribution is 9.10. The van der Waals surface area contributed by atoms with Gasteiger partial charge < -0.3 is 4.74 Å². The van der Waals surface area contributed by atoms with Gasteiger partial charge in [-0.3, -0.25) is 14.9 Å². The second-order valence-corrected chi connectivity index (χ2v) is 9.68. The van der Waals surface area contributed by atoms with Crippen LogP contribution in [0.25, 0.3) is 22.3 Å². The molecular formula is C29H18BrF3N4O4. The van der Waals surface area contributed by atoms with E-state index in [1.54, 1.807) is 42.5 Å². The minimum absolute atomic E-state index is 0.000557. The summed E-state index contributed by atoms with van der Waals surface area (Å²) in [6.45, 7) is 0.0110. The molecule has 0 radical (unpaired) electrons. The summed E-state index contributed by atoms with van der Waals surface area (Å²) < 4.78 is 47.5. The summed E-state index contributed by atoms with van der Waals surface area (Å²) >= 11 is 3.25. The average Bonchev–Trinajstić information content (AvgIpc) is 2.96. The third kappa shape index (κ3) is 6.02. The molecule has 0 unspecified atom stereocenters. The molecule has 0 aliphatic carbocycles. The van der Waals surface area contributed by atoms with Crippen LogP contribution in [-0.4, -0.2) is 20.8 Å². The highest BCUT2D eigenvalue weighted by Gasteiger charge is 2.31. The molecule has 5 aromatic rings. The van der Waals surface area contributed by atoms with Gasteiger partial charge in [0.05, 0.1) is 27.6 Å². The molecule has 0 aliphatic heterocycles. The van der Waals surface area contributed by atoms with E-state index in [1.165, 1.54) is 36.5 Å². The lowest BCUT2D eigenvalue weighted by Gasteiger charge is -2.13. The number of hydrogen-bond donors (Lipinski definition) is 0. The van der Waals surface area contributed by atoms with Crippen LogP contribution in [0.1, 0.15) is 16.7 Å². The lowest BCUT2D eigenvalue weighted by Crippen LogP contribution is -2.20. The van der Waals surface area contributed by atoms with Crippen LogP contribution in [0.4, 0.5) is 18.9 Å². The van der Waals surface area contributed by atoms with Crippen LogP contribution in [0.15, 0.2) is 105 Å². The lowest BCUT2D eigenvalue weighted by atomic mass is 10.1. The second kappa shape index (κ2) is 11.3. The lowest BCUT2D eigenvalue weighted by molar-refractivity contribution is -0.386. The van der Waals surface area contributed by atoms with Gasteiger partial charge in [0, 0.05) is 21.7 Å². The van der Waals surface area contributed by atoms with E-state index in [2.05, 4.69) is 26.0 Å². The molecule has 0 fully saturated rings. The molecule has 8 nitrogen and oxygen atoms in total. The first-order valence-corrected chi connectivity index (χ1v) is 12.8. The number of benzene rings is 4. The number of hydrogen-bond acceptors (Lipinski definition) is 6. The van der Waals surface area contributed by atoms with Crippen molar-refractivity contribution in [3.8, 4) is 17.1 Å². The topological polar surface area (TPSA) is 99.6 Å². The summed E-state index contributed by atoms with van der Waals surface area (Å²) in [6.07, 6.45) is -3.45. The van der Waals surface area contributed by atoms with Crippen molar-refractivity contribution in [3.05, 3.63) is 133 Å². The SMILES string of the molecule is O=c1c2ccccc2nc(-c2cccc(C(F)(F)F)c2)n1N=Cc1cc(Br)cc([N+](=O)[O-])c1OCc1ccccc1. The van der Waals surface area contributed by atoms with Gasteiger partial charge in [0.15, 0.2) is 5.82 Å². The van der Waals surface area contributed by atoms with Gasteiger partial charge in [0.25, 0.3) is 5.56 Å². The smallest absolute Gasteiger partial charge is 0.416 e. The molecule has 4 aromatic carbocycles. The molecule has 41 heavy (non-hydrogen) atoms. The van der Waals surface area contributed by atoms with Crippen molar-refractivity contribution in [3.63, 3.8) is 0 Å². The van der Waals surface area contributed by atoms with Crippen LogP contribution in [0.3, 0.4) is 0 Å². The third-order valence-corrected chi connectivity index (χ3v) is 6.46. The maximum Gasteiger partial charge on any atom is 0.416 e. The molecule has 5 rings (SSSR count). The minimum atomic E-state index is -4.62. The van der Waals surface area contributed by atoms with Crippen LogP contribution in [0, 0.1) is 10.1 Å². The van der Waals surface area contributed by atoms with Gasteiger partial charge in [0.1, 0.15) is 6.61 Å². The molecule has 206 valence electrons. The summed E-state index contributed by atoms with van der Waals surface area (Å²) in [6, 6.07) is 22.5. The maximum absolute atomic E-state index is 13.5. The summed E-state index contributed by atoms with van der Waals surface area (Å²) in [4.78, 5) is 29.2. The number of halogens is 4. The van der Waals surface area contributed by atoms with E-state index < -0.39 is 22.2 Å². The Morgan fingerprint density at radius 2 is 1.73 bits per heavy atom. The van der Waals surface area contributed by atoms with Crippen molar-refractivity contribution in [2.45, 2.75) is 12.8 Å². The number of para-hydroxylation sites is 1. The number of fused-ring (bicyclic) bond motifs is 1. The predicted octanol–water partition coefficient (Wildman–Crippen LogP) is 7.21. The zero-order valence-electron chi connectivity index (χ0n) is 20.9. The number of rotatable bonds is 7. The first-order valence-electron chi connectivity index (χ1n) is 12.0. The van der Waals surface area contributed by atoms with Crippen LogP contribution in [0.5, 0.6) is 5.75 Å². The zero-order chi connectivity index (χ0) is 29.1. The Kier molecular flexibility index (Phi) is 7.66. The molecule has 1 aromatic heterocycles. The van der Waals surface area contributed by atoms with Crippen LogP contribution < -0.4 is 10.3 Å². The van der Waals surface area contributed by atoms with Gasteiger partial charge >= 0.3 is 11.9 Å². The third-order valence-electron chi connectivity index (χ3n) is 6.00. The molecular weight excluding hydrogens is 605 g/mol. The Hall–Kier alpha value is -4.84. The molecule has 0 amide bonds. The Labute approximate surface area is 238 Å². The quantitative estimate of drug-likeness (QED) is 0.108. The summed E-state index contributed by atoms with van der Waals surface area (Å²) in [7, 11) is 0. The molecule has 0 spiro atoms. The number of nitro benzene ring substituents is 1. The van der Waals surface area contributed by atoms with Crippen molar-refractivity contribution in [1.82, 2.24) is 9.66 Å². The Bertz CT molecular complexity index is 1860.